The van der Waals surface area contributed by atoms with Crippen LogP contribution in [0.5, 0.6) is 0 Å². The van der Waals surface area contributed by atoms with E-state index in [1.165, 1.54) is 0 Å². The fourth-order valence-electron chi connectivity index (χ4n) is 4.41. The first kappa shape index (κ1) is 17.3. The van der Waals surface area contributed by atoms with Crippen LogP contribution in [0.1, 0.15) is 42.9 Å². The number of ketones is 1. The molecular formula is C21H25NO4. The molecule has 0 bridgehead atoms. The molecule has 3 atom stereocenters. The van der Waals surface area contributed by atoms with Gasteiger partial charge >= 0.3 is 0 Å². The molecule has 0 aromatic heterocycles. The van der Waals surface area contributed by atoms with E-state index >= 15 is 0 Å². The zero-order valence-electron chi connectivity index (χ0n) is 15.4. The van der Waals surface area contributed by atoms with Crippen LogP contribution in [0.15, 0.2) is 35.6 Å². The average Bonchev–Trinajstić information content (AvgIpc) is 2.93. The van der Waals surface area contributed by atoms with E-state index in [1.807, 2.05) is 31.2 Å². The number of methoxy groups -OCH3 is 1. The summed E-state index contributed by atoms with van der Waals surface area (Å²) in [7, 11) is 1.62. The van der Waals surface area contributed by atoms with Crippen molar-refractivity contribution in [1.82, 2.24) is 4.90 Å². The number of aryl methyl sites for hydroxylation is 1. The van der Waals surface area contributed by atoms with Crippen molar-refractivity contribution in [2.24, 2.45) is 5.92 Å². The van der Waals surface area contributed by atoms with Crippen LogP contribution in [0.4, 0.5) is 0 Å². The number of ether oxygens (including phenoxy) is 2. The molecule has 3 unspecified atom stereocenters. The van der Waals surface area contributed by atoms with E-state index in [0.717, 1.165) is 36.8 Å². The smallest absolute Gasteiger partial charge is 0.290 e. The molecule has 3 aliphatic rings. The van der Waals surface area contributed by atoms with Crippen molar-refractivity contribution in [3.05, 3.63) is 46.7 Å². The molecule has 1 amide bonds. The molecule has 2 heterocycles. The molecule has 1 fully saturated rings. The highest BCUT2D eigenvalue weighted by atomic mass is 16.5. The average molecular weight is 355 g/mol. The number of fused-ring (bicyclic) bond motifs is 1. The topological polar surface area (TPSA) is 55.8 Å². The van der Waals surface area contributed by atoms with Gasteiger partial charge in [-0.15, -0.1) is 0 Å². The first-order chi connectivity index (χ1) is 12.6. The van der Waals surface area contributed by atoms with E-state index < -0.39 is 0 Å². The fraction of sp³-hybridized carbons (Fsp3) is 0.524. The van der Waals surface area contributed by atoms with Gasteiger partial charge in [-0.1, -0.05) is 36.2 Å². The molecule has 138 valence electrons. The number of carbonyl (C=O) groups excluding carboxylic acids is 2. The van der Waals surface area contributed by atoms with Crippen LogP contribution >= 0.6 is 0 Å². The van der Waals surface area contributed by atoms with Crippen molar-refractivity contribution in [3.63, 3.8) is 0 Å². The summed E-state index contributed by atoms with van der Waals surface area (Å²) >= 11 is 0. The lowest BCUT2D eigenvalue weighted by molar-refractivity contribution is -0.135. The summed E-state index contributed by atoms with van der Waals surface area (Å²) in [4.78, 5) is 28.1. The van der Waals surface area contributed by atoms with Gasteiger partial charge in [0, 0.05) is 13.7 Å². The quantitative estimate of drug-likeness (QED) is 0.833. The summed E-state index contributed by atoms with van der Waals surface area (Å²) in [6.07, 6.45) is 3.68. The molecule has 4 rings (SSSR count). The van der Waals surface area contributed by atoms with Gasteiger partial charge in [0.15, 0.2) is 11.5 Å². The maximum Gasteiger partial charge on any atom is 0.290 e. The Kier molecular flexibility index (Phi) is 4.57. The van der Waals surface area contributed by atoms with Gasteiger partial charge in [0.25, 0.3) is 5.91 Å². The largest absolute Gasteiger partial charge is 0.483 e. The van der Waals surface area contributed by atoms with Crippen molar-refractivity contribution >= 4 is 11.7 Å². The minimum absolute atomic E-state index is 0.106. The molecule has 0 N–H and O–H groups in total. The van der Waals surface area contributed by atoms with Gasteiger partial charge in [0.2, 0.25) is 0 Å². The van der Waals surface area contributed by atoms with Crippen LogP contribution in [0.2, 0.25) is 0 Å². The maximum atomic E-state index is 13.3. The molecule has 1 aromatic rings. The first-order valence-corrected chi connectivity index (χ1v) is 9.43. The summed E-state index contributed by atoms with van der Waals surface area (Å²) in [5.74, 6) is 0.0974. The Morgan fingerprint density at radius 1 is 1.15 bits per heavy atom. The maximum absolute atomic E-state index is 13.3. The number of Topliss-reactive ketones (excluding diaryl/α,β-unsaturated/α-hetero) is 1. The summed E-state index contributed by atoms with van der Waals surface area (Å²) in [6, 6.07) is 7.67. The lowest BCUT2D eigenvalue weighted by Gasteiger charge is -2.35. The Hall–Kier alpha value is -2.14. The second kappa shape index (κ2) is 6.88. The highest BCUT2D eigenvalue weighted by Gasteiger charge is 2.51. The monoisotopic (exact) mass is 355 g/mol. The van der Waals surface area contributed by atoms with Gasteiger partial charge in [-0.3, -0.25) is 9.59 Å². The molecular weight excluding hydrogens is 330 g/mol. The van der Waals surface area contributed by atoms with E-state index in [2.05, 4.69) is 0 Å². The molecule has 0 saturated heterocycles. The van der Waals surface area contributed by atoms with E-state index in [0.29, 0.717) is 18.7 Å². The molecule has 1 aliphatic carbocycles. The van der Waals surface area contributed by atoms with Crippen LogP contribution in [0, 0.1) is 12.8 Å². The van der Waals surface area contributed by atoms with Crippen LogP contribution in [-0.4, -0.2) is 43.0 Å². The zero-order valence-corrected chi connectivity index (χ0v) is 15.4. The molecule has 26 heavy (non-hydrogen) atoms. The Morgan fingerprint density at radius 2 is 1.88 bits per heavy atom. The highest BCUT2D eigenvalue weighted by Crippen LogP contribution is 2.46. The molecule has 0 radical (unpaired) electrons. The molecule has 1 saturated carbocycles. The Balaban J connectivity index is 1.76. The Labute approximate surface area is 154 Å². The second-order valence-electron chi connectivity index (χ2n) is 7.46. The third-order valence-electron chi connectivity index (χ3n) is 5.79. The minimum Gasteiger partial charge on any atom is -0.483 e. The Morgan fingerprint density at radius 3 is 2.62 bits per heavy atom. The van der Waals surface area contributed by atoms with Gasteiger partial charge in [-0.25, -0.2) is 0 Å². The fourth-order valence-corrected chi connectivity index (χ4v) is 4.41. The van der Waals surface area contributed by atoms with Crippen molar-refractivity contribution < 1.29 is 19.1 Å². The van der Waals surface area contributed by atoms with Gasteiger partial charge in [0.05, 0.1) is 24.1 Å². The number of carbonyl (C=O) groups is 2. The Bertz CT molecular complexity index is 752. The van der Waals surface area contributed by atoms with E-state index in [-0.39, 0.29) is 35.5 Å². The summed E-state index contributed by atoms with van der Waals surface area (Å²) in [5, 5.41) is 0. The number of nitrogens with zero attached hydrogens (tertiary/aromatic N) is 1. The van der Waals surface area contributed by atoms with Gasteiger partial charge in [-0.2, -0.15) is 0 Å². The van der Waals surface area contributed by atoms with Crippen molar-refractivity contribution in [3.8, 4) is 0 Å². The number of benzene rings is 1. The molecule has 5 heteroatoms. The van der Waals surface area contributed by atoms with Crippen LogP contribution in [-0.2, 0) is 19.1 Å². The normalized spacial score (nSPS) is 28.1. The van der Waals surface area contributed by atoms with Crippen molar-refractivity contribution in [2.45, 2.75) is 44.8 Å². The third kappa shape index (κ3) is 2.75. The number of hydrogen-bond acceptors (Lipinski definition) is 4. The highest BCUT2D eigenvalue weighted by molar-refractivity contribution is 6.11. The molecule has 1 aromatic carbocycles. The van der Waals surface area contributed by atoms with Crippen LogP contribution in [0.3, 0.4) is 0 Å². The van der Waals surface area contributed by atoms with E-state index in [4.69, 9.17) is 9.47 Å². The van der Waals surface area contributed by atoms with Crippen molar-refractivity contribution in [2.75, 3.05) is 20.3 Å². The predicted molar refractivity (Wildman–Crippen MR) is 96.4 cm³/mol. The third-order valence-corrected chi connectivity index (χ3v) is 5.79. The SMILES string of the molecule is COCCN1C(=O)C2=C(C(=O)C3CCCCC3O2)C1c1ccc(C)cc1. The van der Waals surface area contributed by atoms with Gasteiger partial charge < -0.3 is 14.4 Å². The minimum atomic E-state index is -0.372. The van der Waals surface area contributed by atoms with E-state index in [9.17, 15) is 9.59 Å². The van der Waals surface area contributed by atoms with Crippen molar-refractivity contribution in [1.29, 1.82) is 0 Å². The molecule has 5 nitrogen and oxygen atoms in total. The lowest BCUT2D eigenvalue weighted by Crippen LogP contribution is -2.39. The molecule has 0 spiro atoms. The zero-order chi connectivity index (χ0) is 18.3. The standard InChI is InChI=1S/C21H25NO4/c1-13-7-9-14(10-8-13)18-17-19(23)15-5-3-4-6-16(15)26-20(17)21(24)22(18)11-12-25-2/h7-10,15-16,18H,3-6,11-12H2,1-2H3. The predicted octanol–water partition coefficient (Wildman–Crippen LogP) is 2.94. The lowest BCUT2D eigenvalue weighted by atomic mass is 9.77. The number of rotatable bonds is 4. The van der Waals surface area contributed by atoms with Gasteiger partial charge in [-0.05, 0) is 31.7 Å². The number of amides is 1. The molecule has 2 aliphatic heterocycles. The summed E-state index contributed by atoms with van der Waals surface area (Å²) in [6.45, 7) is 2.89. The second-order valence-corrected chi connectivity index (χ2v) is 7.46. The summed E-state index contributed by atoms with van der Waals surface area (Å²) < 4.78 is 11.3. The summed E-state index contributed by atoms with van der Waals surface area (Å²) in [5.41, 5.74) is 2.66. The first-order valence-electron chi connectivity index (χ1n) is 9.43. The van der Waals surface area contributed by atoms with E-state index in [1.54, 1.807) is 12.0 Å². The van der Waals surface area contributed by atoms with Gasteiger partial charge in [0.1, 0.15) is 6.10 Å². The van der Waals surface area contributed by atoms with Crippen LogP contribution in [0.25, 0.3) is 0 Å². The van der Waals surface area contributed by atoms with Crippen LogP contribution < -0.4 is 0 Å². The number of hydrogen-bond donors (Lipinski definition) is 0.